The van der Waals surface area contributed by atoms with Crippen LogP contribution in [0.5, 0.6) is 0 Å². The third-order valence-corrected chi connectivity index (χ3v) is 5.64. The summed E-state index contributed by atoms with van der Waals surface area (Å²) in [7, 11) is 0. The van der Waals surface area contributed by atoms with Gasteiger partial charge in [0, 0.05) is 5.57 Å². The first kappa shape index (κ1) is 21.9. The molecule has 2 aliphatic rings. The lowest BCUT2D eigenvalue weighted by Gasteiger charge is -2.49. The summed E-state index contributed by atoms with van der Waals surface area (Å²) in [4.78, 5) is 58.3. The van der Waals surface area contributed by atoms with Gasteiger partial charge in [0.05, 0.1) is 18.4 Å². The van der Waals surface area contributed by atoms with Gasteiger partial charge in [-0.25, -0.2) is 9.59 Å². The number of ether oxygens (including phenoxy) is 2. The molecule has 0 aromatic rings. The molecule has 1 unspecified atom stereocenters. The summed E-state index contributed by atoms with van der Waals surface area (Å²) in [5.74, 6) is -4.13. The van der Waals surface area contributed by atoms with Crippen molar-refractivity contribution < 1.29 is 38.6 Å². The lowest BCUT2D eigenvalue weighted by atomic mass is 10.0. The van der Waals surface area contributed by atoms with Crippen LogP contribution in [0.3, 0.4) is 0 Å². The average molecular weight is 414 g/mol. The zero-order chi connectivity index (χ0) is 21.1. The van der Waals surface area contributed by atoms with E-state index in [1.165, 1.54) is 6.92 Å². The van der Waals surface area contributed by atoms with Gasteiger partial charge in [-0.15, -0.1) is 0 Å². The van der Waals surface area contributed by atoms with Crippen molar-refractivity contribution >= 4 is 41.4 Å². The van der Waals surface area contributed by atoms with Crippen LogP contribution >= 0.6 is 11.8 Å². The van der Waals surface area contributed by atoms with Crippen molar-refractivity contribution in [3.8, 4) is 0 Å². The van der Waals surface area contributed by atoms with Gasteiger partial charge in [0.1, 0.15) is 24.5 Å². The Bertz CT molecular complexity index is 749. The number of carbonyl (C=O) groups is 5. The third-order valence-electron chi connectivity index (χ3n) is 4.21. The van der Waals surface area contributed by atoms with Crippen LogP contribution in [0.15, 0.2) is 11.3 Å². The second kappa shape index (κ2) is 8.74. The van der Waals surface area contributed by atoms with Crippen LogP contribution in [0, 0.1) is 0 Å². The second-order valence-corrected chi connectivity index (χ2v) is 7.86. The number of aliphatic carboxylic acids is 1. The van der Waals surface area contributed by atoms with Crippen LogP contribution in [-0.2, 0) is 33.4 Å². The van der Waals surface area contributed by atoms with Crippen LogP contribution in [0.1, 0.15) is 39.5 Å². The van der Waals surface area contributed by atoms with Crippen LogP contribution in [0.4, 0.5) is 0 Å². The summed E-state index contributed by atoms with van der Waals surface area (Å²) in [6.07, 6.45) is 0.889. The number of fused-ring (bicyclic) bond motifs is 1. The summed E-state index contributed by atoms with van der Waals surface area (Å²) in [5.41, 5.74) is 5.50. The van der Waals surface area contributed by atoms with Crippen molar-refractivity contribution in [1.29, 1.82) is 0 Å². The van der Waals surface area contributed by atoms with E-state index in [1.54, 1.807) is 0 Å². The Balaban J connectivity index is 2.38. The molecule has 0 aliphatic carbocycles. The Morgan fingerprint density at radius 3 is 2.54 bits per heavy atom. The van der Waals surface area contributed by atoms with Gasteiger partial charge < -0.3 is 20.3 Å². The van der Waals surface area contributed by atoms with E-state index in [2.05, 4.69) is 0 Å². The molecular formula is C17H22N2O8S. The van der Waals surface area contributed by atoms with Gasteiger partial charge in [0.25, 0.3) is 0 Å². The van der Waals surface area contributed by atoms with Gasteiger partial charge in [-0.1, -0.05) is 25.1 Å². The van der Waals surface area contributed by atoms with Crippen LogP contribution in [0.2, 0.25) is 0 Å². The van der Waals surface area contributed by atoms with Gasteiger partial charge in [0.2, 0.25) is 5.91 Å². The molecule has 1 amide bonds. The fraction of sp³-hybridized carbons (Fsp3) is 0.588. The molecule has 11 heteroatoms. The Morgan fingerprint density at radius 1 is 1.32 bits per heavy atom. The van der Waals surface area contributed by atoms with E-state index >= 15 is 0 Å². The minimum atomic E-state index is -1.93. The number of hydrogen-bond donors (Lipinski definition) is 2. The highest BCUT2D eigenvalue weighted by Crippen LogP contribution is 2.48. The van der Waals surface area contributed by atoms with E-state index < -0.39 is 58.6 Å². The predicted octanol–water partition coefficient (Wildman–Crippen LogP) is 0.151. The molecule has 1 fully saturated rings. The lowest BCUT2D eigenvalue weighted by molar-refractivity contribution is -0.151. The number of amides is 1. The molecule has 1 saturated heterocycles. The van der Waals surface area contributed by atoms with E-state index in [-0.39, 0.29) is 18.6 Å². The quantitative estimate of drug-likeness (QED) is 0.231. The summed E-state index contributed by atoms with van der Waals surface area (Å²) in [6.45, 7) is 2.54. The highest BCUT2D eigenvalue weighted by Gasteiger charge is 2.57. The number of esters is 2. The Labute approximate surface area is 165 Å². The van der Waals surface area contributed by atoms with Crippen molar-refractivity contribution in [2.75, 3.05) is 13.2 Å². The van der Waals surface area contributed by atoms with E-state index in [1.807, 2.05) is 6.92 Å². The number of unbranched alkanes of at least 4 members (excludes halogenated alkanes) is 1. The number of rotatable bonds is 9. The Morgan fingerprint density at radius 2 is 2.00 bits per heavy atom. The van der Waals surface area contributed by atoms with Gasteiger partial charge in [-0.2, -0.15) is 0 Å². The first-order chi connectivity index (χ1) is 13.1. The number of carboxylic acids is 1. The minimum absolute atomic E-state index is 0.0278. The second-order valence-electron chi connectivity index (χ2n) is 6.44. The van der Waals surface area contributed by atoms with Crippen molar-refractivity contribution in [1.82, 2.24) is 4.90 Å². The van der Waals surface area contributed by atoms with Crippen molar-refractivity contribution in [2.45, 2.75) is 49.8 Å². The molecule has 0 aromatic carbocycles. The van der Waals surface area contributed by atoms with E-state index in [0.29, 0.717) is 6.42 Å². The molecule has 0 saturated carbocycles. The van der Waals surface area contributed by atoms with Gasteiger partial charge in [-0.3, -0.25) is 19.3 Å². The highest BCUT2D eigenvalue weighted by molar-refractivity contribution is 8.02. The van der Waals surface area contributed by atoms with Gasteiger partial charge in [0.15, 0.2) is 4.87 Å². The zero-order valence-corrected chi connectivity index (χ0v) is 16.4. The zero-order valence-electron chi connectivity index (χ0n) is 15.6. The molecular weight excluding hydrogens is 392 g/mol. The number of carbonyl (C=O) groups excluding carboxylic acids is 4. The number of Topliss-reactive ketones (excluding diaryl/α,β-unsaturated/α-hetero) is 1. The average Bonchev–Trinajstić information content (AvgIpc) is 2.59. The number of β-lactam (4-membered cyclic amide) rings is 1. The number of ketones is 1. The SMILES string of the molecule is CCCCOC(=O)C1(N)S[C@@H]2CC(=O)N2C(C(=O)O)=C1COC(=O)CC(C)=O. The summed E-state index contributed by atoms with van der Waals surface area (Å²) in [5, 5.41) is 9.00. The third kappa shape index (κ3) is 4.36. The molecule has 10 nitrogen and oxygen atoms in total. The maximum atomic E-state index is 12.7. The van der Waals surface area contributed by atoms with E-state index in [4.69, 9.17) is 15.2 Å². The smallest absolute Gasteiger partial charge is 0.352 e. The molecule has 3 N–H and O–H groups in total. The number of nitrogens with two attached hydrogens (primary N) is 1. The van der Waals surface area contributed by atoms with Crippen molar-refractivity contribution in [3.63, 3.8) is 0 Å². The maximum absolute atomic E-state index is 12.7. The Kier molecular flexibility index (Phi) is 6.83. The first-order valence-corrected chi connectivity index (χ1v) is 9.57. The van der Waals surface area contributed by atoms with Crippen LogP contribution in [0.25, 0.3) is 0 Å². The van der Waals surface area contributed by atoms with Gasteiger partial charge in [-0.05, 0) is 13.3 Å². The molecule has 2 heterocycles. The molecule has 0 bridgehead atoms. The minimum Gasteiger partial charge on any atom is -0.477 e. The van der Waals surface area contributed by atoms with Crippen molar-refractivity contribution in [2.24, 2.45) is 5.73 Å². The molecule has 0 aromatic heterocycles. The fourth-order valence-corrected chi connectivity index (χ4v) is 4.20. The molecule has 154 valence electrons. The number of hydrogen-bond acceptors (Lipinski definition) is 9. The number of thioether (sulfide) groups is 1. The number of carboxylic acid groups (broad SMARTS) is 1. The van der Waals surface area contributed by atoms with E-state index in [9.17, 15) is 29.1 Å². The number of nitrogens with zero attached hydrogens (tertiary/aromatic N) is 1. The fourth-order valence-electron chi connectivity index (χ4n) is 2.76. The topological polar surface area (TPSA) is 153 Å². The molecule has 2 aliphatic heterocycles. The molecule has 0 radical (unpaired) electrons. The molecule has 2 atom stereocenters. The molecule has 28 heavy (non-hydrogen) atoms. The first-order valence-electron chi connectivity index (χ1n) is 8.69. The van der Waals surface area contributed by atoms with Gasteiger partial charge >= 0.3 is 17.9 Å². The molecule has 0 spiro atoms. The standard InChI is InChI=1S/C17H22N2O8S/c1-3-4-5-26-16(25)17(18)10(8-27-13(22)6-9(2)20)14(15(23)24)19-11(21)7-12(19)28-17/h12H,3-8,18H2,1-2H3,(H,23,24)/t12-,17?/m1/s1. The Hall–Kier alpha value is -2.40. The summed E-state index contributed by atoms with van der Waals surface area (Å²) >= 11 is 0.877. The monoisotopic (exact) mass is 414 g/mol. The lowest BCUT2D eigenvalue weighted by Crippen LogP contribution is -2.63. The summed E-state index contributed by atoms with van der Waals surface area (Å²) in [6, 6.07) is 0. The van der Waals surface area contributed by atoms with E-state index in [0.717, 1.165) is 23.1 Å². The normalized spacial score (nSPS) is 23.6. The largest absolute Gasteiger partial charge is 0.477 e. The maximum Gasteiger partial charge on any atom is 0.352 e. The predicted molar refractivity (Wildman–Crippen MR) is 96.5 cm³/mol. The molecule has 2 rings (SSSR count). The highest BCUT2D eigenvalue weighted by atomic mass is 32.2. The van der Waals surface area contributed by atoms with Crippen LogP contribution in [-0.4, -0.2) is 63.1 Å². The van der Waals surface area contributed by atoms with Crippen LogP contribution < -0.4 is 5.73 Å². The summed E-state index contributed by atoms with van der Waals surface area (Å²) < 4.78 is 10.1. The van der Waals surface area contributed by atoms with Crippen molar-refractivity contribution in [3.05, 3.63) is 11.3 Å².